The summed E-state index contributed by atoms with van der Waals surface area (Å²) in [7, 11) is 0. The Morgan fingerprint density at radius 3 is 2.87 bits per heavy atom. The molecule has 0 radical (unpaired) electrons. The molecule has 0 unspecified atom stereocenters. The maximum atomic E-state index is 5.58. The van der Waals surface area contributed by atoms with Gasteiger partial charge < -0.3 is 10.1 Å². The molecule has 0 saturated carbocycles. The molecule has 0 aromatic heterocycles. The predicted octanol–water partition coefficient (Wildman–Crippen LogP) is 2.97. The number of hydrogen-bond acceptors (Lipinski definition) is 2. The Morgan fingerprint density at radius 2 is 2.13 bits per heavy atom. The van der Waals surface area contributed by atoms with Crippen molar-refractivity contribution in [1.82, 2.24) is 5.32 Å². The molecule has 0 aliphatic heterocycles. The number of ether oxygens (including phenoxy) is 1. The smallest absolute Gasteiger partial charge is 0.0727 e. The second kappa shape index (κ2) is 7.85. The molecule has 15 heavy (non-hydrogen) atoms. The van der Waals surface area contributed by atoms with Crippen molar-refractivity contribution in [2.24, 2.45) is 0 Å². The van der Waals surface area contributed by atoms with E-state index >= 15 is 0 Å². The van der Waals surface area contributed by atoms with Crippen LogP contribution in [0.3, 0.4) is 0 Å². The standard InChI is InChI=1S/C12H18BrNO/c1-2-14-8-5-9-15-10-11-6-3-4-7-12(11)13/h3-4,6-7,14H,2,5,8-10H2,1H3. The van der Waals surface area contributed by atoms with E-state index in [1.54, 1.807) is 0 Å². The Labute approximate surface area is 100 Å². The number of rotatable bonds is 7. The largest absolute Gasteiger partial charge is 0.377 e. The first-order valence-electron chi connectivity index (χ1n) is 5.36. The first kappa shape index (κ1) is 12.7. The molecule has 3 heteroatoms. The topological polar surface area (TPSA) is 21.3 Å². The van der Waals surface area contributed by atoms with Crippen molar-refractivity contribution in [3.63, 3.8) is 0 Å². The highest BCUT2D eigenvalue weighted by Gasteiger charge is 1.97. The SMILES string of the molecule is CCNCCCOCc1ccccc1Br. The van der Waals surface area contributed by atoms with Gasteiger partial charge in [-0.25, -0.2) is 0 Å². The van der Waals surface area contributed by atoms with Gasteiger partial charge in [0, 0.05) is 11.1 Å². The summed E-state index contributed by atoms with van der Waals surface area (Å²) in [6.07, 6.45) is 1.07. The van der Waals surface area contributed by atoms with E-state index in [-0.39, 0.29) is 0 Å². The lowest BCUT2D eigenvalue weighted by molar-refractivity contribution is 0.118. The quantitative estimate of drug-likeness (QED) is 0.770. The van der Waals surface area contributed by atoms with Crippen molar-refractivity contribution in [2.45, 2.75) is 20.0 Å². The van der Waals surface area contributed by atoms with Gasteiger partial charge >= 0.3 is 0 Å². The molecule has 0 atom stereocenters. The normalized spacial score (nSPS) is 10.5. The average molecular weight is 272 g/mol. The summed E-state index contributed by atoms with van der Waals surface area (Å²) in [4.78, 5) is 0. The van der Waals surface area contributed by atoms with Crippen molar-refractivity contribution in [2.75, 3.05) is 19.7 Å². The minimum Gasteiger partial charge on any atom is -0.377 e. The first-order chi connectivity index (χ1) is 7.34. The lowest BCUT2D eigenvalue weighted by Gasteiger charge is -2.06. The fourth-order valence-corrected chi connectivity index (χ4v) is 1.67. The third-order valence-corrected chi connectivity index (χ3v) is 2.88. The minimum atomic E-state index is 0.688. The summed E-state index contributed by atoms with van der Waals surface area (Å²) < 4.78 is 6.70. The van der Waals surface area contributed by atoms with E-state index in [4.69, 9.17) is 4.74 Å². The monoisotopic (exact) mass is 271 g/mol. The van der Waals surface area contributed by atoms with Crippen LogP contribution in [0.25, 0.3) is 0 Å². The maximum Gasteiger partial charge on any atom is 0.0727 e. The number of benzene rings is 1. The van der Waals surface area contributed by atoms with E-state index in [2.05, 4.69) is 34.2 Å². The van der Waals surface area contributed by atoms with Gasteiger partial charge in [0.1, 0.15) is 0 Å². The lowest BCUT2D eigenvalue weighted by Crippen LogP contribution is -2.15. The fourth-order valence-electron chi connectivity index (χ4n) is 1.27. The van der Waals surface area contributed by atoms with Gasteiger partial charge in [-0.05, 0) is 31.1 Å². The van der Waals surface area contributed by atoms with Gasteiger partial charge in [0.2, 0.25) is 0 Å². The molecular weight excluding hydrogens is 254 g/mol. The molecule has 0 heterocycles. The van der Waals surface area contributed by atoms with Crippen molar-refractivity contribution >= 4 is 15.9 Å². The van der Waals surface area contributed by atoms with Gasteiger partial charge in [0.05, 0.1) is 6.61 Å². The van der Waals surface area contributed by atoms with Crippen LogP contribution in [0.1, 0.15) is 18.9 Å². The molecule has 0 fully saturated rings. The van der Waals surface area contributed by atoms with Crippen molar-refractivity contribution < 1.29 is 4.74 Å². The third kappa shape index (κ3) is 5.30. The summed E-state index contributed by atoms with van der Waals surface area (Å²) in [5.41, 5.74) is 1.21. The fraction of sp³-hybridized carbons (Fsp3) is 0.500. The van der Waals surface area contributed by atoms with Gasteiger partial charge in [-0.15, -0.1) is 0 Å². The molecule has 2 nitrogen and oxygen atoms in total. The third-order valence-electron chi connectivity index (χ3n) is 2.11. The zero-order valence-corrected chi connectivity index (χ0v) is 10.7. The molecule has 0 bridgehead atoms. The van der Waals surface area contributed by atoms with Crippen LogP contribution in [0, 0.1) is 0 Å². The van der Waals surface area contributed by atoms with Gasteiger partial charge in [-0.1, -0.05) is 41.1 Å². The van der Waals surface area contributed by atoms with Crippen LogP contribution < -0.4 is 5.32 Å². The van der Waals surface area contributed by atoms with Crippen LogP contribution in [0.2, 0.25) is 0 Å². The zero-order valence-electron chi connectivity index (χ0n) is 9.13. The van der Waals surface area contributed by atoms with Gasteiger partial charge in [-0.2, -0.15) is 0 Å². The summed E-state index contributed by atoms with van der Waals surface area (Å²) in [5, 5.41) is 3.27. The average Bonchev–Trinajstić information content (AvgIpc) is 2.25. The Bertz CT molecular complexity index is 278. The molecule has 1 aromatic rings. The van der Waals surface area contributed by atoms with Crippen LogP contribution in [0.15, 0.2) is 28.7 Å². The molecule has 0 aliphatic rings. The summed E-state index contributed by atoms with van der Waals surface area (Å²) in [5.74, 6) is 0. The molecule has 1 N–H and O–H groups in total. The predicted molar refractivity (Wildman–Crippen MR) is 67.0 cm³/mol. The van der Waals surface area contributed by atoms with Crippen LogP contribution in [0.5, 0.6) is 0 Å². The van der Waals surface area contributed by atoms with Crippen LogP contribution >= 0.6 is 15.9 Å². The number of hydrogen-bond donors (Lipinski definition) is 1. The Balaban J connectivity index is 2.12. The van der Waals surface area contributed by atoms with Crippen molar-refractivity contribution in [1.29, 1.82) is 0 Å². The summed E-state index contributed by atoms with van der Waals surface area (Å²) in [6, 6.07) is 8.16. The highest BCUT2D eigenvalue weighted by Crippen LogP contribution is 2.16. The molecule has 84 valence electrons. The maximum absolute atomic E-state index is 5.58. The number of halogens is 1. The molecule has 0 amide bonds. The van der Waals surface area contributed by atoms with Crippen LogP contribution in [0.4, 0.5) is 0 Å². The van der Waals surface area contributed by atoms with Crippen molar-refractivity contribution in [3.05, 3.63) is 34.3 Å². The van der Waals surface area contributed by atoms with Gasteiger partial charge in [-0.3, -0.25) is 0 Å². The van der Waals surface area contributed by atoms with Crippen LogP contribution in [-0.4, -0.2) is 19.7 Å². The van der Waals surface area contributed by atoms with Gasteiger partial charge in [0.15, 0.2) is 0 Å². The molecule has 1 aromatic carbocycles. The highest BCUT2D eigenvalue weighted by atomic mass is 79.9. The van der Waals surface area contributed by atoms with E-state index in [1.807, 2.05) is 18.2 Å². The van der Waals surface area contributed by atoms with E-state index in [9.17, 15) is 0 Å². The second-order valence-corrected chi connectivity index (χ2v) is 4.21. The Hall–Kier alpha value is -0.380. The molecule has 0 aliphatic carbocycles. The van der Waals surface area contributed by atoms with Gasteiger partial charge in [0.25, 0.3) is 0 Å². The summed E-state index contributed by atoms with van der Waals surface area (Å²) >= 11 is 3.50. The first-order valence-corrected chi connectivity index (χ1v) is 6.15. The second-order valence-electron chi connectivity index (χ2n) is 3.35. The molecule has 0 saturated heterocycles. The Morgan fingerprint density at radius 1 is 1.33 bits per heavy atom. The van der Waals surface area contributed by atoms with E-state index in [0.717, 1.165) is 30.6 Å². The molecular formula is C12H18BrNO. The Kier molecular flexibility index (Phi) is 6.64. The zero-order chi connectivity index (χ0) is 10.9. The molecule has 0 spiro atoms. The van der Waals surface area contributed by atoms with Crippen LogP contribution in [-0.2, 0) is 11.3 Å². The number of nitrogens with one attached hydrogen (secondary N) is 1. The van der Waals surface area contributed by atoms with Crippen molar-refractivity contribution in [3.8, 4) is 0 Å². The van der Waals surface area contributed by atoms with E-state index in [1.165, 1.54) is 5.56 Å². The minimum absolute atomic E-state index is 0.688. The highest BCUT2D eigenvalue weighted by molar-refractivity contribution is 9.10. The van der Waals surface area contributed by atoms with E-state index in [0.29, 0.717) is 6.61 Å². The summed E-state index contributed by atoms with van der Waals surface area (Å²) in [6.45, 7) is 5.68. The van der Waals surface area contributed by atoms with E-state index < -0.39 is 0 Å². The lowest BCUT2D eigenvalue weighted by atomic mass is 10.2. The molecule has 1 rings (SSSR count).